The van der Waals surface area contributed by atoms with Crippen molar-refractivity contribution in [2.24, 2.45) is 5.92 Å². The molecule has 2 fully saturated rings. The molecule has 1 aliphatic heterocycles. The molecule has 0 bridgehead atoms. The lowest BCUT2D eigenvalue weighted by Gasteiger charge is -2.36. The van der Waals surface area contributed by atoms with Crippen LogP contribution < -0.4 is 10.1 Å². The zero-order valence-corrected chi connectivity index (χ0v) is 17.7. The normalized spacial score (nSPS) is 18.0. The lowest BCUT2D eigenvalue weighted by molar-refractivity contribution is -0.137. The Hall–Kier alpha value is -2.08. The Morgan fingerprint density at radius 3 is 2.55 bits per heavy atom. The molecule has 0 atom stereocenters. The highest BCUT2D eigenvalue weighted by atomic mass is 16.5. The third-order valence-electron chi connectivity index (χ3n) is 6.04. The van der Waals surface area contributed by atoms with Gasteiger partial charge in [0.2, 0.25) is 11.8 Å². The number of piperazine rings is 1. The fourth-order valence-electron chi connectivity index (χ4n) is 4.20. The predicted octanol–water partition coefficient (Wildman–Crippen LogP) is 2.60. The van der Waals surface area contributed by atoms with Gasteiger partial charge in [0.05, 0.1) is 6.61 Å². The lowest BCUT2D eigenvalue weighted by atomic mass is 10.1. The zero-order chi connectivity index (χ0) is 20.5. The van der Waals surface area contributed by atoms with E-state index >= 15 is 0 Å². The fourth-order valence-corrected chi connectivity index (χ4v) is 4.20. The Morgan fingerprint density at radius 2 is 1.83 bits per heavy atom. The van der Waals surface area contributed by atoms with Gasteiger partial charge in [-0.15, -0.1) is 0 Å². The smallest absolute Gasteiger partial charge is 0.225 e. The highest BCUT2D eigenvalue weighted by Crippen LogP contribution is 2.26. The molecule has 1 aromatic carbocycles. The van der Waals surface area contributed by atoms with Crippen LogP contribution in [0.25, 0.3) is 0 Å². The van der Waals surface area contributed by atoms with Gasteiger partial charge in [-0.1, -0.05) is 31.0 Å². The first-order valence-electron chi connectivity index (χ1n) is 11.1. The number of para-hydroxylation sites is 1. The number of rotatable bonds is 9. The predicted molar refractivity (Wildman–Crippen MR) is 114 cm³/mol. The summed E-state index contributed by atoms with van der Waals surface area (Å²) in [5, 5.41) is 3.00. The molecule has 6 heteroatoms. The summed E-state index contributed by atoms with van der Waals surface area (Å²) < 4.78 is 5.73. The molecule has 1 aliphatic carbocycles. The van der Waals surface area contributed by atoms with Crippen LogP contribution in [0.1, 0.15) is 44.1 Å². The average molecular weight is 402 g/mol. The van der Waals surface area contributed by atoms with E-state index in [0.717, 1.165) is 56.9 Å². The first kappa shape index (κ1) is 21.6. The van der Waals surface area contributed by atoms with Crippen molar-refractivity contribution >= 4 is 11.8 Å². The van der Waals surface area contributed by atoms with Crippen molar-refractivity contribution in [3.63, 3.8) is 0 Å². The SMILES string of the molecule is Cc1ccccc1OCCCC(=O)NCCN1CCN(C(=O)C2CCCC2)CC1. The molecule has 0 radical (unpaired) electrons. The van der Waals surface area contributed by atoms with Crippen molar-refractivity contribution in [3.05, 3.63) is 29.8 Å². The summed E-state index contributed by atoms with van der Waals surface area (Å²) in [6.07, 6.45) is 5.74. The van der Waals surface area contributed by atoms with Crippen molar-refractivity contribution in [3.8, 4) is 5.75 Å². The van der Waals surface area contributed by atoms with Gasteiger partial charge in [0.25, 0.3) is 0 Å². The molecule has 160 valence electrons. The molecule has 0 spiro atoms. The maximum atomic E-state index is 12.5. The number of hydrogen-bond donors (Lipinski definition) is 1. The van der Waals surface area contributed by atoms with E-state index in [0.29, 0.717) is 31.9 Å². The number of ether oxygens (including phenoxy) is 1. The number of nitrogens with one attached hydrogen (secondary N) is 1. The highest BCUT2D eigenvalue weighted by molar-refractivity contribution is 5.79. The minimum Gasteiger partial charge on any atom is -0.493 e. The zero-order valence-electron chi connectivity index (χ0n) is 17.7. The largest absolute Gasteiger partial charge is 0.493 e. The third kappa shape index (κ3) is 6.74. The van der Waals surface area contributed by atoms with Gasteiger partial charge in [0, 0.05) is 51.6 Å². The van der Waals surface area contributed by atoms with Gasteiger partial charge >= 0.3 is 0 Å². The van der Waals surface area contributed by atoms with Gasteiger partial charge in [-0.05, 0) is 37.8 Å². The Balaban J connectivity index is 1.22. The molecule has 0 unspecified atom stereocenters. The lowest BCUT2D eigenvalue weighted by Crippen LogP contribution is -2.51. The molecule has 3 rings (SSSR count). The molecule has 1 heterocycles. The van der Waals surface area contributed by atoms with Gasteiger partial charge in [0.15, 0.2) is 0 Å². The number of amides is 2. The van der Waals surface area contributed by atoms with E-state index in [1.54, 1.807) is 0 Å². The van der Waals surface area contributed by atoms with Crippen molar-refractivity contribution in [1.29, 1.82) is 0 Å². The second kappa shape index (κ2) is 11.2. The van der Waals surface area contributed by atoms with Gasteiger partial charge in [-0.2, -0.15) is 0 Å². The number of benzene rings is 1. The van der Waals surface area contributed by atoms with Crippen LogP contribution in [0.5, 0.6) is 5.75 Å². The molecule has 2 amide bonds. The Bertz CT molecular complexity index is 665. The number of aryl methyl sites for hydroxylation is 1. The van der Waals surface area contributed by atoms with Crippen LogP contribution in [-0.2, 0) is 9.59 Å². The summed E-state index contributed by atoms with van der Waals surface area (Å²) >= 11 is 0. The highest BCUT2D eigenvalue weighted by Gasteiger charge is 2.29. The second-order valence-electron chi connectivity index (χ2n) is 8.22. The van der Waals surface area contributed by atoms with Gasteiger partial charge < -0.3 is 15.0 Å². The Morgan fingerprint density at radius 1 is 1.10 bits per heavy atom. The monoisotopic (exact) mass is 401 g/mol. The standard InChI is InChI=1S/C23H35N3O3/c1-19-7-2-5-10-21(19)29-18-6-11-22(27)24-12-13-25-14-16-26(17-15-25)23(28)20-8-3-4-9-20/h2,5,7,10,20H,3-4,6,8-9,11-18H2,1H3,(H,24,27). The summed E-state index contributed by atoms with van der Waals surface area (Å²) in [5.41, 5.74) is 1.11. The van der Waals surface area contributed by atoms with E-state index in [2.05, 4.69) is 10.2 Å². The van der Waals surface area contributed by atoms with Crippen LogP contribution in [0.15, 0.2) is 24.3 Å². The van der Waals surface area contributed by atoms with Crippen molar-refractivity contribution in [2.75, 3.05) is 45.9 Å². The van der Waals surface area contributed by atoms with E-state index in [1.807, 2.05) is 36.1 Å². The van der Waals surface area contributed by atoms with Crippen LogP contribution >= 0.6 is 0 Å². The molecular weight excluding hydrogens is 366 g/mol. The van der Waals surface area contributed by atoms with Crippen molar-refractivity contribution in [2.45, 2.75) is 45.4 Å². The maximum Gasteiger partial charge on any atom is 0.225 e. The quantitative estimate of drug-likeness (QED) is 0.646. The summed E-state index contributed by atoms with van der Waals surface area (Å²) in [5.74, 6) is 1.60. The fraction of sp³-hybridized carbons (Fsp3) is 0.652. The van der Waals surface area contributed by atoms with E-state index in [4.69, 9.17) is 4.74 Å². The van der Waals surface area contributed by atoms with E-state index in [-0.39, 0.29) is 11.8 Å². The average Bonchev–Trinajstić information content (AvgIpc) is 3.27. The minimum atomic E-state index is 0.0773. The minimum absolute atomic E-state index is 0.0773. The van der Waals surface area contributed by atoms with Crippen LogP contribution in [0.4, 0.5) is 0 Å². The molecule has 6 nitrogen and oxygen atoms in total. The summed E-state index contributed by atoms with van der Waals surface area (Å²) in [7, 11) is 0. The molecule has 0 aromatic heterocycles. The Kier molecular flexibility index (Phi) is 8.35. The van der Waals surface area contributed by atoms with Gasteiger partial charge in [-0.25, -0.2) is 0 Å². The molecule has 1 saturated carbocycles. The maximum absolute atomic E-state index is 12.5. The van der Waals surface area contributed by atoms with Crippen molar-refractivity contribution in [1.82, 2.24) is 15.1 Å². The molecule has 2 aliphatic rings. The molecule has 1 aromatic rings. The first-order chi connectivity index (χ1) is 14.1. The van der Waals surface area contributed by atoms with Crippen LogP contribution in [0.2, 0.25) is 0 Å². The van der Waals surface area contributed by atoms with E-state index in [1.165, 1.54) is 12.8 Å². The van der Waals surface area contributed by atoms with Crippen molar-refractivity contribution < 1.29 is 14.3 Å². The van der Waals surface area contributed by atoms with E-state index < -0.39 is 0 Å². The Labute approximate surface area is 174 Å². The summed E-state index contributed by atoms with van der Waals surface area (Å²) in [4.78, 5) is 28.9. The van der Waals surface area contributed by atoms with Crippen LogP contribution in [-0.4, -0.2) is 67.5 Å². The summed E-state index contributed by atoms with van der Waals surface area (Å²) in [6, 6.07) is 7.92. The second-order valence-corrected chi connectivity index (χ2v) is 8.22. The number of hydrogen-bond acceptors (Lipinski definition) is 4. The van der Waals surface area contributed by atoms with Crippen LogP contribution in [0.3, 0.4) is 0 Å². The number of carbonyl (C=O) groups is 2. The molecule has 29 heavy (non-hydrogen) atoms. The summed E-state index contributed by atoms with van der Waals surface area (Å²) in [6.45, 7) is 7.52. The first-order valence-corrected chi connectivity index (χ1v) is 11.1. The number of nitrogens with zero attached hydrogens (tertiary/aromatic N) is 2. The third-order valence-corrected chi connectivity index (χ3v) is 6.04. The van der Waals surface area contributed by atoms with Crippen LogP contribution in [0, 0.1) is 12.8 Å². The molecular formula is C23H35N3O3. The molecule has 1 N–H and O–H groups in total. The number of carbonyl (C=O) groups excluding carboxylic acids is 2. The molecule has 1 saturated heterocycles. The van der Waals surface area contributed by atoms with E-state index in [9.17, 15) is 9.59 Å². The topological polar surface area (TPSA) is 61.9 Å². The van der Waals surface area contributed by atoms with Gasteiger partial charge in [-0.3, -0.25) is 14.5 Å². The van der Waals surface area contributed by atoms with Gasteiger partial charge in [0.1, 0.15) is 5.75 Å².